The SMILES string of the molecule is Fc1ccc(CC(Cl)CCCc2ccccc2)c(F)c1. The van der Waals surface area contributed by atoms with E-state index in [1.165, 1.54) is 17.7 Å². The molecular weight excluding hydrogens is 278 g/mol. The van der Waals surface area contributed by atoms with Gasteiger partial charge < -0.3 is 0 Å². The molecule has 0 amide bonds. The lowest BCUT2D eigenvalue weighted by Gasteiger charge is -2.10. The first-order valence-electron chi connectivity index (χ1n) is 6.77. The molecule has 1 unspecified atom stereocenters. The van der Waals surface area contributed by atoms with Crippen LogP contribution >= 0.6 is 11.6 Å². The molecule has 2 rings (SSSR count). The summed E-state index contributed by atoms with van der Waals surface area (Å²) >= 11 is 6.23. The molecule has 0 heterocycles. The molecule has 0 aliphatic heterocycles. The van der Waals surface area contributed by atoms with Gasteiger partial charge in [-0.15, -0.1) is 11.6 Å². The van der Waals surface area contributed by atoms with E-state index in [1.54, 1.807) is 0 Å². The molecule has 106 valence electrons. The molecule has 20 heavy (non-hydrogen) atoms. The summed E-state index contributed by atoms with van der Waals surface area (Å²) in [6, 6.07) is 13.8. The van der Waals surface area contributed by atoms with Gasteiger partial charge in [-0.2, -0.15) is 0 Å². The summed E-state index contributed by atoms with van der Waals surface area (Å²) < 4.78 is 26.3. The van der Waals surface area contributed by atoms with E-state index < -0.39 is 11.6 Å². The van der Waals surface area contributed by atoms with Crippen LogP contribution in [0.1, 0.15) is 24.0 Å². The minimum atomic E-state index is -0.554. The number of hydrogen-bond acceptors (Lipinski definition) is 0. The summed E-state index contributed by atoms with van der Waals surface area (Å²) in [5.41, 5.74) is 1.76. The summed E-state index contributed by atoms with van der Waals surface area (Å²) in [6.07, 6.45) is 3.17. The third-order valence-electron chi connectivity index (χ3n) is 3.28. The van der Waals surface area contributed by atoms with Crippen LogP contribution < -0.4 is 0 Å². The second-order valence-corrected chi connectivity index (χ2v) is 5.53. The number of halogens is 3. The van der Waals surface area contributed by atoms with Crippen LogP contribution in [0.2, 0.25) is 0 Å². The highest BCUT2D eigenvalue weighted by atomic mass is 35.5. The number of rotatable bonds is 6. The first-order valence-corrected chi connectivity index (χ1v) is 7.20. The Bertz CT molecular complexity index is 540. The van der Waals surface area contributed by atoms with E-state index in [0.29, 0.717) is 12.0 Å². The average molecular weight is 295 g/mol. The third-order valence-corrected chi connectivity index (χ3v) is 3.65. The van der Waals surface area contributed by atoms with Crippen molar-refractivity contribution in [3.8, 4) is 0 Å². The summed E-state index contributed by atoms with van der Waals surface area (Å²) in [5, 5.41) is -0.126. The number of benzene rings is 2. The average Bonchev–Trinajstić information content (AvgIpc) is 2.43. The maximum absolute atomic E-state index is 13.5. The van der Waals surface area contributed by atoms with Crippen molar-refractivity contribution in [1.29, 1.82) is 0 Å². The van der Waals surface area contributed by atoms with Gasteiger partial charge in [0.05, 0.1) is 0 Å². The van der Waals surface area contributed by atoms with Gasteiger partial charge in [0.2, 0.25) is 0 Å². The standard InChI is InChI=1S/C17H17ClF2/c18-15(8-4-7-13-5-2-1-3-6-13)11-14-9-10-16(19)12-17(14)20/h1-3,5-6,9-10,12,15H,4,7-8,11H2. The van der Waals surface area contributed by atoms with Crippen molar-refractivity contribution >= 4 is 11.6 Å². The molecule has 0 aliphatic carbocycles. The predicted octanol–water partition coefficient (Wildman–Crippen LogP) is 5.14. The molecule has 2 aromatic carbocycles. The van der Waals surface area contributed by atoms with Crippen LogP contribution in [0.25, 0.3) is 0 Å². The highest BCUT2D eigenvalue weighted by Gasteiger charge is 2.10. The van der Waals surface area contributed by atoms with E-state index >= 15 is 0 Å². The lowest BCUT2D eigenvalue weighted by molar-refractivity contribution is 0.566. The van der Waals surface area contributed by atoms with Gasteiger partial charge >= 0.3 is 0 Å². The lowest BCUT2D eigenvalue weighted by atomic mass is 10.0. The van der Waals surface area contributed by atoms with Crippen molar-refractivity contribution in [3.63, 3.8) is 0 Å². The van der Waals surface area contributed by atoms with E-state index in [1.807, 2.05) is 18.2 Å². The van der Waals surface area contributed by atoms with E-state index in [2.05, 4.69) is 12.1 Å². The Labute approximate surface area is 123 Å². The van der Waals surface area contributed by atoms with E-state index in [4.69, 9.17) is 11.6 Å². The maximum atomic E-state index is 13.5. The first-order chi connectivity index (χ1) is 9.65. The lowest BCUT2D eigenvalue weighted by Crippen LogP contribution is -2.06. The van der Waals surface area contributed by atoms with Gasteiger partial charge in [-0.3, -0.25) is 0 Å². The number of alkyl halides is 1. The van der Waals surface area contributed by atoms with Crippen LogP contribution in [0.4, 0.5) is 8.78 Å². The zero-order valence-electron chi connectivity index (χ0n) is 11.2. The number of hydrogen-bond donors (Lipinski definition) is 0. The molecule has 0 aliphatic rings. The molecule has 0 fully saturated rings. The molecule has 0 saturated carbocycles. The van der Waals surface area contributed by atoms with Crippen LogP contribution in [-0.4, -0.2) is 5.38 Å². The minimum absolute atomic E-state index is 0.126. The van der Waals surface area contributed by atoms with Crippen molar-refractivity contribution < 1.29 is 8.78 Å². The molecule has 3 heteroatoms. The molecular formula is C17H17ClF2. The molecule has 0 nitrogen and oxygen atoms in total. The van der Waals surface area contributed by atoms with Crippen LogP contribution in [0, 0.1) is 11.6 Å². The smallest absolute Gasteiger partial charge is 0.129 e. The fourth-order valence-electron chi connectivity index (χ4n) is 2.20. The van der Waals surface area contributed by atoms with Crippen LogP contribution in [0.3, 0.4) is 0 Å². The van der Waals surface area contributed by atoms with Crippen molar-refractivity contribution in [3.05, 3.63) is 71.3 Å². The van der Waals surface area contributed by atoms with Gasteiger partial charge in [-0.1, -0.05) is 36.4 Å². The van der Waals surface area contributed by atoms with Crippen molar-refractivity contribution in [2.75, 3.05) is 0 Å². The minimum Gasteiger partial charge on any atom is -0.207 e. The van der Waals surface area contributed by atoms with Crippen LogP contribution in [0.5, 0.6) is 0 Å². The topological polar surface area (TPSA) is 0 Å². The summed E-state index contributed by atoms with van der Waals surface area (Å²) in [5.74, 6) is -1.07. The van der Waals surface area contributed by atoms with Crippen LogP contribution in [-0.2, 0) is 12.8 Å². The summed E-state index contributed by atoms with van der Waals surface area (Å²) in [4.78, 5) is 0. The molecule has 0 aromatic heterocycles. The van der Waals surface area contributed by atoms with Crippen LogP contribution in [0.15, 0.2) is 48.5 Å². The van der Waals surface area contributed by atoms with E-state index in [-0.39, 0.29) is 5.38 Å². The fraction of sp³-hybridized carbons (Fsp3) is 0.294. The Morgan fingerprint density at radius 1 is 1.00 bits per heavy atom. The Morgan fingerprint density at radius 2 is 1.75 bits per heavy atom. The van der Waals surface area contributed by atoms with Gasteiger partial charge in [-0.25, -0.2) is 8.78 Å². The maximum Gasteiger partial charge on any atom is 0.129 e. The molecule has 0 N–H and O–H groups in total. The van der Waals surface area contributed by atoms with Gasteiger partial charge in [-0.05, 0) is 42.9 Å². The third kappa shape index (κ3) is 4.61. The predicted molar refractivity (Wildman–Crippen MR) is 79.1 cm³/mol. The molecule has 0 radical (unpaired) electrons. The van der Waals surface area contributed by atoms with Crippen molar-refractivity contribution in [2.24, 2.45) is 0 Å². The molecule has 0 spiro atoms. The van der Waals surface area contributed by atoms with Gasteiger partial charge in [0.15, 0.2) is 0 Å². The van der Waals surface area contributed by atoms with Crippen molar-refractivity contribution in [2.45, 2.75) is 31.1 Å². The Morgan fingerprint density at radius 3 is 2.45 bits per heavy atom. The zero-order valence-corrected chi connectivity index (χ0v) is 11.9. The first kappa shape index (κ1) is 15.0. The second kappa shape index (κ2) is 7.39. The van der Waals surface area contributed by atoms with Crippen molar-refractivity contribution in [1.82, 2.24) is 0 Å². The quantitative estimate of drug-likeness (QED) is 0.647. The van der Waals surface area contributed by atoms with E-state index in [0.717, 1.165) is 25.3 Å². The molecule has 0 saturated heterocycles. The summed E-state index contributed by atoms with van der Waals surface area (Å²) in [6.45, 7) is 0. The largest absolute Gasteiger partial charge is 0.207 e. The molecule has 0 bridgehead atoms. The highest BCUT2D eigenvalue weighted by molar-refractivity contribution is 6.20. The Balaban J connectivity index is 1.79. The van der Waals surface area contributed by atoms with Gasteiger partial charge in [0.1, 0.15) is 11.6 Å². The van der Waals surface area contributed by atoms with Gasteiger partial charge in [0, 0.05) is 11.4 Å². The van der Waals surface area contributed by atoms with E-state index in [9.17, 15) is 8.78 Å². The molecule has 2 aromatic rings. The molecule has 1 atom stereocenters. The Hall–Kier alpha value is -1.41. The summed E-state index contributed by atoms with van der Waals surface area (Å²) in [7, 11) is 0. The van der Waals surface area contributed by atoms with Gasteiger partial charge in [0.25, 0.3) is 0 Å². The monoisotopic (exact) mass is 294 g/mol. The normalized spacial score (nSPS) is 12.3. The number of aryl methyl sites for hydroxylation is 1. The fourth-order valence-corrected chi connectivity index (χ4v) is 2.52. The highest BCUT2D eigenvalue weighted by Crippen LogP contribution is 2.18. The Kier molecular flexibility index (Phi) is 5.54. The second-order valence-electron chi connectivity index (χ2n) is 4.91. The zero-order chi connectivity index (χ0) is 14.4.